The third-order valence-electron chi connectivity index (χ3n) is 3.75. The molecule has 0 bridgehead atoms. The van der Waals surface area contributed by atoms with Crippen molar-refractivity contribution in [1.29, 1.82) is 0 Å². The summed E-state index contributed by atoms with van der Waals surface area (Å²) >= 11 is 0. The lowest BCUT2D eigenvalue weighted by Crippen LogP contribution is -2.06. The van der Waals surface area contributed by atoms with Gasteiger partial charge in [0.05, 0.1) is 11.7 Å². The molecule has 124 valence electrons. The Bertz CT molecular complexity index is 866. The van der Waals surface area contributed by atoms with Crippen molar-refractivity contribution in [3.05, 3.63) is 65.6 Å². The van der Waals surface area contributed by atoms with Gasteiger partial charge >= 0.3 is 0 Å². The smallest absolute Gasteiger partial charge is 0.123 e. The molecule has 0 aliphatic heterocycles. The van der Waals surface area contributed by atoms with Crippen LogP contribution in [0.2, 0.25) is 0 Å². The lowest BCUT2D eigenvalue weighted by molar-refractivity contribution is 0.214. The number of hydrogen-bond donors (Lipinski definition) is 0. The summed E-state index contributed by atoms with van der Waals surface area (Å²) in [6.45, 7) is 5.21. The zero-order valence-corrected chi connectivity index (χ0v) is 14.0. The van der Waals surface area contributed by atoms with E-state index in [1.165, 1.54) is 19.2 Å². The monoisotopic (exact) mass is 325 g/mol. The van der Waals surface area contributed by atoms with Gasteiger partial charge in [-0.3, -0.25) is 4.68 Å². The summed E-state index contributed by atoms with van der Waals surface area (Å²) in [5, 5.41) is 9.63. The van der Waals surface area contributed by atoms with Gasteiger partial charge in [0.1, 0.15) is 18.6 Å². The molecule has 0 aliphatic rings. The predicted octanol–water partition coefficient (Wildman–Crippen LogP) is 4.23. The highest BCUT2D eigenvalue weighted by molar-refractivity contribution is 6.13. The molecule has 0 saturated heterocycles. The number of benzene rings is 2. The van der Waals surface area contributed by atoms with Crippen molar-refractivity contribution in [3.63, 3.8) is 0 Å². The maximum absolute atomic E-state index is 13.2. The van der Waals surface area contributed by atoms with Crippen molar-refractivity contribution < 1.29 is 9.23 Å². The van der Waals surface area contributed by atoms with E-state index in [-0.39, 0.29) is 5.82 Å². The molecule has 0 fully saturated rings. The SMILES string of the molecule is CO/N=C(\c1ccc(F)cc1)c1ccc2c(cnn2CC(C)C)c1. The van der Waals surface area contributed by atoms with Crippen LogP contribution in [0.3, 0.4) is 0 Å². The fraction of sp³-hybridized carbons (Fsp3) is 0.263. The van der Waals surface area contributed by atoms with Crippen molar-refractivity contribution in [2.75, 3.05) is 7.11 Å². The van der Waals surface area contributed by atoms with Gasteiger partial charge < -0.3 is 4.84 Å². The van der Waals surface area contributed by atoms with Gasteiger partial charge in [-0.25, -0.2) is 4.39 Å². The van der Waals surface area contributed by atoms with Crippen molar-refractivity contribution in [1.82, 2.24) is 9.78 Å². The second kappa shape index (κ2) is 6.83. The molecule has 1 aromatic heterocycles. The van der Waals surface area contributed by atoms with E-state index in [0.29, 0.717) is 11.6 Å². The van der Waals surface area contributed by atoms with Crippen LogP contribution in [0.25, 0.3) is 10.9 Å². The van der Waals surface area contributed by atoms with E-state index < -0.39 is 0 Å². The van der Waals surface area contributed by atoms with Crippen molar-refractivity contribution >= 4 is 16.6 Å². The second-order valence-electron chi connectivity index (χ2n) is 6.12. The zero-order chi connectivity index (χ0) is 17.1. The van der Waals surface area contributed by atoms with E-state index in [0.717, 1.165) is 28.6 Å². The molecule has 0 unspecified atom stereocenters. The lowest BCUT2D eigenvalue weighted by Gasteiger charge is -2.09. The number of hydrogen-bond acceptors (Lipinski definition) is 3. The molecule has 3 aromatic rings. The molecule has 2 aromatic carbocycles. The minimum Gasteiger partial charge on any atom is -0.399 e. The Labute approximate surface area is 140 Å². The van der Waals surface area contributed by atoms with E-state index in [1.54, 1.807) is 12.1 Å². The fourth-order valence-electron chi connectivity index (χ4n) is 2.70. The molecule has 3 rings (SSSR count). The standard InChI is InChI=1S/C19H20FN3O/c1-13(2)12-23-18-9-6-15(10-16(18)11-21-23)19(22-24-3)14-4-7-17(20)8-5-14/h4-11,13H,12H2,1-3H3/b22-19+. The van der Waals surface area contributed by atoms with Gasteiger partial charge in [-0.15, -0.1) is 0 Å². The van der Waals surface area contributed by atoms with Crippen LogP contribution in [0.15, 0.2) is 53.8 Å². The number of aromatic nitrogens is 2. The van der Waals surface area contributed by atoms with Crippen LogP contribution in [-0.4, -0.2) is 22.6 Å². The Morgan fingerprint density at radius 1 is 1.17 bits per heavy atom. The highest BCUT2D eigenvalue weighted by atomic mass is 19.1. The first kappa shape index (κ1) is 16.2. The minimum absolute atomic E-state index is 0.277. The Kier molecular flexibility index (Phi) is 4.60. The molecule has 4 nitrogen and oxygen atoms in total. The average Bonchev–Trinajstić information content (AvgIpc) is 2.95. The summed E-state index contributed by atoms with van der Waals surface area (Å²) in [5.74, 6) is 0.249. The highest BCUT2D eigenvalue weighted by Gasteiger charge is 2.11. The molecule has 24 heavy (non-hydrogen) atoms. The second-order valence-corrected chi connectivity index (χ2v) is 6.12. The third kappa shape index (κ3) is 3.30. The van der Waals surface area contributed by atoms with Crippen molar-refractivity contribution in [3.8, 4) is 0 Å². The molecule has 5 heteroatoms. The summed E-state index contributed by atoms with van der Waals surface area (Å²) in [7, 11) is 1.50. The lowest BCUT2D eigenvalue weighted by atomic mass is 10.0. The van der Waals surface area contributed by atoms with Crippen LogP contribution >= 0.6 is 0 Å². The van der Waals surface area contributed by atoms with Crippen LogP contribution < -0.4 is 0 Å². The van der Waals surface area contributed by atoms with Crippen molar-refractivity contribution in [2.45, 2.75) is 20.4 Å². The van der Waals surface area contributed by atoms with Gasteiger partial charge in [0, 0.05) is 23.1 Å². The summed E-state index contributed by atoms with van der Waals surface area (Å²) in [5.41, 5.74) is 3.45. The van der Waals surface area contributed by atoms with Crippen molar-refractivity contribution in [2.24, 2.45) is 11.1 Å². The van der Waals surface area contributed by atoms with E-state index in [1.807, 2.05) is 29.1 Å². The van der Waals surface area contributed by atoms with Crippen LogP contribution in [0.1, 0.15) is 25.0 Å². The van der Waals surface area contributed by atoms with Gasteiger partial charge in [-0.2, -0.15) is 5.10 Å². The van der Waals surface area contributed by atoms with E-state index >= 15 is 0 Å². The molecule has 0 atom stereocenters. The quantitative estimate of drug-likeness (QED) is 0.520. The largest absolute Gasteiger partial charge is 0.399 e. The molecular weight excluding hydrogens is 305 g/mol. The van der Waals surface area contributed by atoms with Gasteiger partial charge in [0.15, 0.2) is 0 Å². The Hall–Kier alpha value is -2.69. The molecule has 0 aliphatic carbocycles. The van der Waals surface area contributed by atoms with Gasteiger partial charge in [-0.1, -0.05) is 25.1 Å². The molecule has 0 radical (unpaired) electrons. The number of oxime groups is 1. The van der Waals surface area contributed by atoms with Gasteiger partial charge in [0.25, 0.3) is 0 Å². The van der Waals surface area contributed by atoms with E-state index in [9.17, 15) is 4.39 Å². The topological polar surface area (TPSA) is 39.4 Å². The van der Waals surface area contributed by atoms with Crippen LogP contribution in [0, 0.1) is 11.7 Å². The summed E-state index contributed by atoms with van der Waals surface area (Å²) < 4.78 is 15.2. The summed E-state index contributed by atoms with van der Waals surface area (Å²) in [4.78, 5) is 4.99. The normalized spacial score (nSPS) is 12.1. The molecule has 0 N–H and O–H groups in total. The first-order valence-electron chi connectivity index (χ1n) is 7.91. The molecular formula is C19H20FN3O. The highest BCUT2D eigenvalue weighted by Crippen LogP contribution is 2.20. The summed E-state index contributed by atoms with van der Waals surface area (Å²) in [6.07, 6.45) is 1.86. The molecule has 0 saturated carbocycles. The van der Waals surface area contributed by atoms with Crippen LogP contribution in [-0.2, 0) is 11.4 Å². The number of nitrogens with zero attached hydrogens (tertiary/aromatic N) is 3. The van der Waals surface area contributed by atoms with Gasteiger partial charge in [0.2, 0.25) is 0 Å². The summed E-state index contributed by atoms with van der Waals surface area (Å²) in [6, 6.07) is 12.3. The first-order chi connectivity index (χ1) is 11.6. The number of fused-ring (bicyclic) bond motifs is 1. The predicted molar refractivity (Wildman–Crippen MR) is 93.6 cm³/mol. The Balaban J connectivity index is 2.03. The number of halogens is 1. The minimum atomic E-state index is -0.277. The van der Waals surface area contributed by atoms with Crippen LogP contribution in [0.5, 0.6) is 0 Å². The fourth-order valence-corrected chi connectivity index (χ4v) is 2.70. The maximum Gasteiger partial charge on any atom is 0.123 e. The molecule has 0 spiro atoms. The van der Waals surface area contributed by atoms with E-state index in [4.69, 9.17) is 4.84 Å². The molecule has 1 heterocycles. The Morgan fingerprint density at radius 3 is 2.54 bits per heavy atom. The molecule has 0 amide bonds. The average molecular weight is 325 g/mol. The maximum atomic E-state index is 13.2. The zero-order valence-electron chi connectivity index (χ0n) is 14.0. The van der Waals surface area contributed by atoms with Crippen LogP contribution in [0.4, 0.5) is 4.39 Å². The Morgan fingerprint density at radius 2 is 1.88 bits per heavy atom. The van der Waals surface area contributed by atoms with E-state index in [2.05, 4.69) is 24.1 Å². The van der Waals surface area contributed by atoms with Gasteiger partial charge in [-0.05, 0) is 42.3 Å². The first-order valence-corrected chi connectivity index (χ1v) is 7.91. The number of rotatable bonds is 5. The third-order valence-corrected chi connectivity index (χ3v) is 3.75.